The molecule has 6 rings (SSSR count). The van der Waals surface area contributed by atoms with Crippen LogP contribution in [0.5, 0.6) is 0 Å². The van der Waals surface area contributed by atoms with E-state index in [1.54, 1.807) is 0 Å². The molecule has 0 atom stereocenters. The van der Waals surface area contributed by atoms with Crippen molar-refractivity contribution in [3.8, 4) is 0 Å². The summed E-state index contributed by atoms with van der Waals surface area (Å²) in [5.74, 6) is 0. The summed E-state index contributed by atoms with van der Waals surface area (Å²) in [6.07, 6.45) is 5.70. The van der Waals surface area contributed by atoms with Crippen LogP contribution in [0.1, 0.15) is 22.3 Å². The quantitative estimate of drug-likeness (QED) is 0.397. The molecule has 0 amide bonds. The smallest absolute Gasteiger partial charge is 0.000772 e. The molecule has 4 aromatic rings. The zero-order valence-electron chi connectivity index (χ0n) is 13.8. The Morgan fingerprint density at radius 1 is 0.560 bits per heavy atom. The second-order valence-electron chi connectivity index (χ2n) is 7.01. The number of fused-ring (bicyclic) bond motifs is 7. The van der Waals surface area contributed by atoms with E-state index in [1.165, 1.54) is 53.9 Å². The Hall–Kier alpha value is -3.12. The van der Waals surface area contributed by atoms with E-state index >= 15 is 0 Å². The summed E-state index contributed by atoms with van der Waals surface area (Å²) in [6.45, 7) is 0. The van der Waals surface area contributed by atoms with Crippen molar-refractivity contribution >= 4 is 22.9 Å². The van der Waals surface area contributed by atoms with Gasteiger partial charge < -0.3 is 0 Å². The molecule has 0 unspecified atom stereocenters. The van der Waals surface area contributed by atoms with Crippen molar-refractivity contribution in [1.29, 1.82) is 0 Å². The van der Waals surface area contributed by atoms with Crippen molar-refractivity contribution in [3.05, 3.63) is 116 Å². The molecule has 0 bridgehead atoms. The Labute approximate surface area is 145 Å². The van der Waals surface area contributed by atoms with Gasteiger partial charge in [0.25, 0.3) is 0 Å². The molecule has 0 aromatic heterocycles. The molecular weight excluding hydrogens is 300 g/mol. The second kappa shape index (κ2) is 4.70. The maximum absolute atomic E-state index is 2.35. The fourth-order valence-electron chi connectivity index (χ4n) is 4.45. The van der Waals surface area contributed by atoms with Crippen LogP contribution in [0.15, 0.2) is 72.8 Å². The molecule has 0 nitrogen and oxygen atoms in total. The topological polar surface area (TPSA) is 0 Å². The Balaban J connectivity index is 1.74. The van der Waals surface area contributed by atoms with Crippen molar-refractivity contribution in [3.63, 3.8) is 0 Å². The number of hydrogen-bond acceptors (Lipinski definition) is 0. The fourth-order valence-corrected chi connectivity index (χ4v) is 4.45. The van der Waals surface area contributed by atoms with Gasteiger partial charge in [-0.05, 0) is 72.5 Å². The van der Waals surface area contributed by atoms with E-state index in [4.69, 9.17) is 0 Å². The largest absolute Gasteiger partial charge is 0.0619 e. The molecule has 2 aliphatic carbocycles. The minimum absolute atomic E-state index is 1.02. The third-order valence-electron chi connectivity index (χ3n) is 5.67. The SMILES string of the molecule is C1=c2ccc3c4c(ccc3c2Cc2ccccc21)=c1ccccc1=C4. The number of hydrogen-bond donors (Lipinski definition) is 0. The van der Waals surface area contributed by atoms with Gasteiger partial charge in [0.2, 0.25) is 0 Å². The molecule has 0 heteroatoms. The van der Waals surface area contributed by atoms with Gasteiger partial charge in [-0.25, -0.2) is 0 Å². The van der Waals surface area contributed by atoms with Gasteiger partial charge in [-0.3, -0.25) is 0 Å². The normalized spacial score (nSPS) is 13.3. The molecule has 25 heavy (non-hydrogen) atoms. The van der Waals surface area contributed by atoms with Crippen molar-refractivity contribution < 1.29 is 0 Å². The van der Waals surface area contributed by atoms with E-state index in [9.17, 15) is 0 Å². The second-order valence-corrected chi connectivity index (χ2v) is 7.01. The van der Waals surface area contributed by atoms with E-state index < -0.39 is 0 Å². The average Bonchev–Trinajstić information content (AvgIpc) is 3.05. The summed E-state index contributed by atoms with van der Waals surface area (Å²) < 4.78 is 0. The van der Waals surface area contributed by atoms with E-state index in [1.807, 2.05) is 0 Å². The van der Waals surface area contributed by atoms with Gasteiger partial charge in [-0.1, -0.05) is 72.8 Å². The van der Waals surface area contributed by atoms with Gasteiger partial charge in [0.1, 0.15) is 0 Å². The predicted molar refractivity (Wildman–Crippen MR) is 104 cm³/mol. The molecule has 0 spiro atoms. The fraction of sp³-hybridized carbons (Fsp3) is 0.0400. The van der Waals surface area contributed by atoms with Crippen LogP contribution < -0.4 is 10.4 Å². The van der Waals surface area contributed by atoms with Gasteiger partial charge >= 0.3 is 0 Å². The van der Waals surface area contributed by atoms with Crippen LogP contribution in [-0.2, 0) is 6.42 Å². The number of rotatable bonds is 0. The van der Waals surface area contributed by atoms with Crippen LogP contribution in [-0.4, -0.2) is 0 Å². The van der Waals surface area contributed by atoms with Gasteiger partial charge in [0.15, 0.2) is 0 Å². The zero-order valence-corrected chi connectivity index (χ0v) is 13.8. The monoisotopic (exact) mass is 316 g/mol. The summed E-state index contributed by atoms with van der Waals surface area (Å²) in [6, 6.07) is 26.7. The first-order valence-electron chi connectivity index (χ1n) is 8.84. The molecule has 2 aliphatic rings. The maximum atomic E-state index is 2.35. The van der Waals surface area contributed by atoms with Crippen molar-refractivity contribution in [2.75, 3.05) is 0 Å². The first-order chi connectivity index (χ1) is 12.4. The van der Waals surface area contributed by atoms with Crippen molar-refractivity contribution in [2.24, 2.45) is 0 Å². The Morgan fingerprint density at radius 2 is 1.40 bits per heavy atom. The van der Waals surface area contributed by atoms with Crippen LogP contribution in [0, 0.1) is 10.4 Å². The molecule has 116 valence electrons. The van der Waals surface area contributed by atoms with Gasteiger partial charge in [0, 0.05) is 0 Å². The first-order valence-corrected chi connectivity index (χ1v) is 8.84. The van der Waals surface area contributed by atoms with Crippen LogP contribution in [0.3, 0.4) is 0 Å². The molecule has 0 radical (unpaired) electrons. The third kappa shape index (κ3) is 1.77. The van der Waals surface area contributed by atoms with Gasteiger partial charge in [0.05, 0.1) is 0 Å². The van der Waals surface area contributed by atoms with E-state index in [2.05, 4.69) is 84.9 Å². The highest BCUT2D eigenvalue weighted by atomic mass is 14.2. The van der Waals surface area contributed by atoms with Gasteiger partial charge in [-0.2, -0.15) is 0 Å². The highest BCUT2D eigenvalue weighted by Gasteiger charge is 2.14. The first kappa shape index (κ1) is 13.2. The Kier molecular flexibility index (Phi) is 2.48. The molecule has 0 fully saturated rings. The number of benzene rings is 4. The predicted octanol–water partition coefficient (Wildman–Crippen LogP) is 4.00. The van der Waals surface area contributed by atoms with E-state index in [0.717, 1.165) is 6.42 Å². The van der Waals surface area contributed by atoms with Crippen LogP contribution in [0.2, 0.25) is 0 Å². The highest BCUT2D eigenvalue weighted by Crippen LogP contribution is 2.28. The summed E-state index contributed by atoms with van der Waals surface area (Å²) in [4.78, 5) is 0. The summed E-state index contributed by atoms with van der Waals surface area (Å²) >= 11 is 0. The Morgan fingerprint density at radius 3 is 2.40 bits per heavy atom. The lowest BCUT2D eigenvalue weighted by atomic mass is 9.88. The van der Waals surface area contributed by atoms with Gasteiger partial charge in [-0.15, -0.1) is 0 Å². The van der Waals surface area contributed by atoms with Crippen molar-refractivity contribution in [2.45, 2.75) is 6.42 Å². The third-order valence-corrected chi connectivity index (χ3v) is 5.67. The Bertz CT molecular complexity index is 1410. The standard InChI is InChI=1S/C25H16/c1-2-6-17-14-24-19(13-16(17)5-1)9-10-23-22(24)12-11-21-20-8-4-3-7-18(20)15-25(21)23/h1-13,15H,14H2. The molecule has 0 N–H and O–H groups in total. The van der Waals surface area contributed by atoms with Crippen LogP contribution in [0.4, 0.5) is 0 Å². The molecule has 0 aliphatic heterocycles. The highest BCUT2D eigenvalue weighted by molar-refractivity contribution is 5.94. The lowest BCUT2D eigenvalue weighted by Crippen LogP contribution is -2.15. The molecule has 4 aromatic carbocycles. The average molecular weight is 316 g/mol. The molecular formula is C25H16. The molecule has 0 saturated heterocycles. The molecule has 0 saturated carbocycles. The summed E-state index contributed by atoms with van der Waals surface area (Å²) in [5.41, 5.74) is 5.62. The van der Waals surface area contributed by atoms with Crippen LogP contribution in [0.25, 0.3) is 22.9 Å². The van der Waals surface area contributed by atoms with E-state index in [0.29, 0.717) is 0 Å². The lowest BCUT2D eigenvalue weighted by molar-refractivity contribution is 1.16. The summed E-state index contributed by atoms with van der Waals surface area (Å²) in [5, 5.41) is 8.19. The van der Waals surface area contributed by atoms with Crippen molar-refractivity contribution in [1.82, 2.24) is 0 Å². The van der Waals surface area contributed by atoms with E-state index in [-0.39, 0.29) is 0 Å². The summed E-state index contributed by atoms with van der Waals surface area (Å²) in [7, 11) is 0. The minimum Gasteiger partial charge on any atom is -0.0619 e. The minimum atomic E-state index is 1.02. The van der Waals surface area contributed by atoms with Crippen LogP contribution >= 0.6 is 0 Å². The zero-order chi connectivity index (χ0) is 16.4. The molecule has 0 heterocycles. The lowest BCUT2D eigenvalue weighted by Gasteiger charge is -2.16. The maximum Gasteiger partial charge on any atom is -0.000772 e.